The Morgan fingerprint density at radius 1 is 1.58 bits per heavy atom. The Kier molecular flexibility index (Phi) is 3.20. The highest BCUT2D eigenvalue weighted by molar-refractivity contribution is 5.23. The molecule has 1 N–H and O–H groups in total. The number of ether oxygens (including phenoxy) is 1. The summed E-state index contributed by atoms with van der Waals surface area (Å²) in [5, 5.41) is 9.15. The molecule has 0 saturated carbocycles. The van der Waals surface area contributed by atoms with Gasteiger partial charge in [-0.05, 0) is 25.8 Å². The summed E-state index contributed by atoms with van der Waals surface area (Å²) in [6.45, 7) is 4.10. The SMILES string of the molecule is C/C=C/C1OC(O)=C1CCCC. The van der Waals surface area contributed by atoms with Gasteiger partial charge in [0.25, 0.3) is 5.95 Å². The van der Waals surface area contributed by atoms with Crippen LogP contribution in [0.1, 0.15) is 33.1 Å². The van der Waals surface area contributed by atoms with Gasteiger partial charge >= 0.3 is 0 Å². The molecule has 1 rings (SSSR count). The molecule has 68 valence electrons. The quantitative estimate of drug-likeness (QED) is 0.654. The van der Waals surface area contributed by atoms with Gasteiger partial charge in [-0.2, -0.15) is 0 Å². The molecule has 1 unspecified atom stereocenters. The van der Waals surface area contributed by atoms with Crippen LogP contribution in [-0.2, 0) is 4.74 Å². The van der Waals surface area contributed by atoms with Gasteiger partial charge in [-0.15, -0.1) is 0 Å². The summed E-state index contributed by atoms with van der Waals surface area (Å²) in [7, 11) is 0. The van der Waals surface area contributed by atoms with Gasteiger partial charge in [-0.1, -0.05) is 19.4 Å². The van der Waals surface area contributed by atoms with Gasteiger partial charge < -0.3 is 9.84 Å². The van der Waals surface area contributed by atoms with E-state index >= 15 is 0 Å². The van der Waals surface area contributed by atoms with Crippen molar-refractivity contribution in [3.63, 3.8) is 0 Å². The minimum atomic E-state index is 0.0431. The summed E-state index contributed by atoms with van der Waals surface area (Å²) in [4.78, 5) is 0. The fourth-order valence-corrected chi connectivity index (χ4v) is 1.28. The largest absolute Gasteiger partial charge is 0.481 e. The molecule has 0 aromatic rings. The predicted molar refractivity (Wildman–Crippen MR) is 48.9 cm³/mol. The molecular weight excluding hydrogens is 152 g/mol. The van der Waals surface area contributed by atoms with Crippen LogP contribution in [0.3, 0.4) is 0 Å². The first kappa shape index (κ1) is 9.17. The van der Waals surface area contributed by atoms with Gasteiger partial charge in [0.05, 0.1) is 5.57 Å². The molecule has 0 saturated heterocycles. The third kappa shape index (κ3) is 1.81. The fraction of sp³-hybridized carbons (Fsp3) is 0.600. The highest BCUT2D eigenvalue weighted by Crippen LogP contribution is 2.29. The summed E-state index contributed by atoms with van der Waals surface area (Å²) in [5.74, 6) is 0.145. The zero-order valence-electron chi connectivity index (χ0n) is 7.71. The molecule has 0 bridgehead atoms. The van der Waals surface area contributed by atoms with Gasteiger partial charge in [0.2, 0.25) is 0 Å². The molecule has 0 spiro atoms. The first-order valence-corrected chi connectivity index (χ1v) is 4.51. The summed E-state index contributed by atoms with van der Waals surface area (Å²) in [5.41, 5.74) is 1.05. The van der Waals surface area contributed by atoms with E-state index in [1.54, 1.807) is 0 Å². The second-order valence-corrected chi connectivity index (χ2v) is 3.00. The first-order chi connectivity index (χ1) is 5.79. The maximum atomic E-state index is 9.15. The smallest absolute Gasteiger partial charge is 0.280 e. The van der Waals surface area contributed by atoms with Crippen molar-refractivity contribution in [1.82, 2.24) is 0 Å². The van der Waals surface area contributed by atoms with Gasteiger partial charge in [-0.3, -0.25) is 0 Å². The second-order valence-electron chi connectivity index (χ2n) is 3.00. The number of hydrogen-bond donors (Lipinski definition) is 1. The van der Waals surface area contributed by atoms with Crippen LogP contribution in [0, 0.1) is 0 Å². The Labute approximate surface area is 73.5 Å². The molecule has 0 aliphatic carbocycles. The average molecular weight is 168 g/mol. The molecule has 1 heterocycles. The topological polar surface area (TPSA) is 29.5 Å². The molecule has 0 aromatic heterocycles. The molecule has 1 aliphatic rings. The van der Waals surface area contributed by atoms with Gasteiger partial charge in [0, 0.05) is 0 Å². The zero-order valence-corrected chi connectivity index (χ0v) is 7.71. The summed E-state index contributed by atoms with van der Waals surface area (Å²) in [6.07, 6.45) is 7.18. The van der Waals surface area contributed by atoms with Crippen LogP contribution >= 0.6 is 0 Å². The molecule has 2 nitrogen and oxygen atoms in total. The predicted octanol–water partition coefficient (Wildman–Crippen LogP) is 2.92. The molecule has 0 amide bonds. The molecule has 1 aliphatic heterocycles. The van der Waals surface area contributed by atoms with Gasteiger partial charge in [0.15, 0.2) is 0 Å². The lowest BCUT2D eigenvalue weighted by Crippen LogP contribution is -2.25. The van der Waals surface area contributed by atoms with E-state index in [-0.39, 0.29) is 12.0 Å². The van der Waals surface area contributed by atoms with E-state index in [9.17, 15) is 0 Å². The van der Waals surface area contributed by atoms with Crippen molar-refractivity contribution in [2.75, 3.05) is 0 Å². The lowest BCUT2D eigenvalue weighted by molar-refractivity contribution is 0.0117. The lowest BCUT2D eigenvalue weighted by Gasteiger charge is -2.28. The minimum Gasteiger partial charge on any atom is -0.481 e. The number of hydrogen-bond acceptors (Lipinski definition) is 2. The van der Waals surface area contributed by atoms with Crippen molar-refractivity contribution in [1.29, 1.82) is 0 Å². The molecule has 12 heavy (non-hydrogen) atoms. The van der Waals surface area contributed by atoms with E-state index in [0.29, 0.717) is 0 Å². The van der Waals surface area contributed by atoms with Crippen LogP contribution in [0.25, 0.3) is 0 Å². The Hall–Kier alpha value is -0.920. The molecule has 1 atom stereocenters. The third-order valence-electron chi connectivity index (χ3n) is 2.02. The van der Waals surface area contributed by atoms with Crippen LogP contribution in [0.15, 0.2) is 23.7 Å². The van der Waals surface area contributed by atoms with Crippen LogP contribution in [0.4, 0.5) is 0 Å². The molecule has 0 fully saturated rings. The van der Waals surface area contributed by atoms with E-state index in [1.165, 1.54) is 0 Å². The van der Waals surface area contributed by atoms with E-state index in [0.717, 1.165) is 24.8 Å². The van der Waals surface area contributed by atoms with E-state index in [2.05, 4.69) is 6.92 Å². The molecular formula is C10H16O2. The monoisotopic (exact) mass is 168 g/mol. The Balaban J connectivity index is 2.44. The standard InChI is InChI=1S/C10H16O2/c1-3-5-7-8-9(6-4-2)12-10(8)11/h4,6,9,11H,3,5,7H2,1-2H3/b6-4+. The maximum Gasteiger partial charge on any atom is 0.280 e. The molecule has 0 radical (unpaired) electrons. The highest BCUT2D eigenvalue weighted by Gasteiger charge is 2.28. The van der Waals surface area contributed by atoms with Crippen LogP contribution in [0.5, 0.6) is 0 Å². The molecule has 2 heteroatoms. The minimum absolute atomic E-state index is 0.0431. The summed E-state index contributed by atoms with van der Waals surface area (Å²) < 4.78 is 5.04. The van der Waals surface area contributed by atoms with Gasteiger partial charge in [-0.25, -0.2) is 0 Å². The van der Waals surface area contributed by atoms with Crippen LogP contribution < -0.4 is 0 Å². The number of aliphatic hydroxyl groups excluding tert-OH is 1. The first-order valence-electron chi connectivity index (χ1n) is 4.51. The van der Waals surface area contributed by atoms with E-state index < -0.39 is 0 Å². The van der Waals surface area contributed by atoms with Crippen molar-refractivity contribution in [2.45, 2.75) is 39.2 Å². The number of aliphatic hydroxyl groups is 1. The number of rotatable bonds is 4. The molecule has 0 aromatic carbocycles. The highest BCUT2D eigenvalue weighted by atomic mass is 16.6. The average Bonchev–Trinajstić information content (AvgIpc) is 2.05. The Morgan fingerprint density at radius 2 is 2.33 bits per heavy atom. The summed E-state index contributed by atoms with van der Waals surface area (Å²) in [6, 6.07) is 0. The van der Waals surface area contributed by atoms with E-state index in [4.69, 9.17) is 9.84 Å². The third-order valence-corrected chi connectivity index (χ3v) is 2.02. The lowest BCUT2D eigenvalue weighted by atomic mass is 10.0. The van der Waals surface area contributed by atoms with Crippen molar-refractivity contribution >= 4 is 0 Å². The maximum absolute atomic E-state index is 9.15. The van der Waals surface area contributed by atoms with Crippen molar-refractivity contribution < 1.29 is 9.84 Å². The fourth-order valence-electron chi connectivity index (χ4n) is 1.28. The van der Waals surface area contributed by atoms with Crippen molar-refractivity contribution in [3.8, 4) is 0 Å². The Morgan fingerprint density at radius 3 is 2.83 bits per heavy atom. The Bertz CT molecular complexity index is 204. The second kappa shape index (κ2) is 4.19. The summed E-state index contributed by atoms with van der Waals surface area (Å²) >= 11 is 0. The normalized spacial score (nSPS) is 22.7. The van der Waals surface area contributed by atoms with Gasteiger partial charge in [0.1, 0.15) is 6.10 Å². The van der Waals surface area contributed by atoms with E-state index in [1.807, 2.05) is 19.1 Å². The van der Waals surface area contributed by atoms with Crippen molar-refractivity contribution in [2.24, 2.45) is 0 Å². The van der Waals surface area contributed by atoms with Crippen molar-refractivity contribution in [3.05, 3.63) is 23.7 Å². The van der Waals surface area contributed by atoms with Crippen LogP contribution in [-0.4, -0.2) is 11.2 Å². The van der Waals surface area contributed by atoms with Crippen LogP contribution in [0.2, 0.25) is 0 Å². The zero-order chi connectivity index (χ0) is 8.97. The number of unbranched alkanes of at least 4 members (excludes halogenated alkanes) is 1. The number of allylic oxidation sites excluding steroid dienone is 1.